The molecule has 0 aliphatic carbocycles. The second kappa shape index (κ2) is 5.85. The number of rotatable bonds is 1. The van der Waals surface area contributed by atoms with Gasteiger partial charge in [-0.15, -0.1) is 0 Å². The van der Waals surface area contributed by atoms with Crippen LogP contribution in [0.4, 0.5) is 4.79 Å². The van der Waals surface area contributed by atoms with Crippen LogP contribution in [-0.2, 0) is 4.79 Å². The molecule has 0 aromatic carbocycles. The molecule has 2 heterocycles. The number of likely N-dealkylation sites (tertiary alicyclic amines) is 2. The van der Waals surface area contributed by atoms with Crippen LogP contribution < -0.4 is 0 Å². The first-order valence-electron chi connectivity index (χ1n) is 7.98. The Kier molecular flexibility index (Phi) is 4.49. The average Bonchev–Trinajstić information content (AvgIpc) is 2.87. The van der Waals surface area contributed by atoms with Crippen molar-refractivity contribution in [1.82, 2.24) is 9.80 Å². The van der Waals surface area contributed by atoms with Gasteiger partial charge in [-0.3, -0.25) is 0 Å². The first kappa shape index (κ1) is 16.1. The van der Waals surface area contributed by atoms with E-state index >= 15 is 0 Å². The third kappa shape index (κ3) is 3.50. The Morgan fingerprint density at radius 3 is 2.33 bits per heavy atom. The summed E-state index contributed by atoms with van der Waals surface area (Å²) in [6.45, 7) is 10.7. The molecule has 2 fully saturated rings. The lowest BCUT2D eigenvalue weighted by Crippen LogP contribution is -2.54. The largest absolute Gasteiger partial charge is 0.480 e. The molecule has 0 radical (unpaired) electrons. The van der Waals surface area contributed by atoms with Gasteiger partial charge in [-0.05, 0) is 36.5 Å². The van der Waals surface area contributed by atoms with Crippen LogP contribution in [0.5, 0.6) is 0 Å². The second-order valence-corrected chi connectivity index (χ2v) is 7.76. The molecular weight excluding hydrogens is 268 g/mol. The van der Waals surface area contributed by atoms with Crippen LogP contribution in [0.3, 0.4) is 0 Å². The van der Waals surface area contributed by atoms with Gasteiger partial charge in [0.25, 0.3) is 0 Å². The molecule has 2 amide bonds. The van der Waals surface area contributed by atoms with Crippen LogP contribution in [-0.4, -0.2) is 52.6 Å². The van der Waals surface area contributed by atoms with Gasteiger partial charge in [-0.25, -0.2) is 9.59 Å². The monoisotopic (exact) mass is 296 g/mol. The summed E-state index contributed by atoms with van der Waals surface area (Å²) in [5.74, 6) is -0.00837. The molecule has 2 aliphatic heterocycles. The van der Waals surface area contributed by atoms with Crippen molar-refractivity contribution < 1.29 is 14.7 Å². The van der Waals surface area contributed by atoms with Gasteiger partial charge in [-0.2, -0.15) is 0 Å². The van der Waals surface area contributed by atoms with E-state index in [4.69, 9.17) is 0 Å². The lowest BCUT2D eigenvalue weighted by Gasteiger charge is -2.38. The molecule has 5 heteroatoms. The predicted molar refractivity (Wildman–Crippen MR) is 81.1 cm³/mol. The molecule has 3 unspecified atom stereocenters. The Morgan fingerprint density at radius 2 is 1.81 bits per heavy atom. The van der Waals surface area contributed by atoms with E-state index < -0.39 is 12.0 Å². The first-order valence-corrected chi connectivity index (χ1v) is 7.98. The zero-order chi connectivity index (χ0) is 15.8. The maximum Gasteiger partial charge on any atom is 0.326 e. The van der Waals surface area contributed by atoms with Gasteiger partial charge < -0.3 is 14.9 Å². The third-order valence-corrected chi connectivity index (χ3v) is 5.08. The van der Waals surface area contributed by atoms with Crippen LogP contribution in [0.2, 0.25) is 0 Å². The van der Waals surface area contributed by atoms with Crippen molar-refractivity contribution in [1.29, 1.82) is 0 Å². The zero-order valence-corrected chi connectivity index (χ0v) is 13.6. The van der Waals surface area contributed by atoms with Crippen LogP contribution >= 0.6 is 0 Å². The summed E-state index contributed by atoms with van der Waals surface area (Å²) in [4.78, 5) is 27.5. The minimum atomic E-state index is -0.874. The SMILES string of the molecule is CC1CCN(C(=O)N2CCC(C(C)(C)C)C2)C(C(=O)O)C1. The Hall–Kier alpha value is -1.26. The number of urea groups is 1. The van der Waals surface area contributed by atoms with E-state index in [0.717, 1.165) is 25.9 Å². The standard InChI is InChI=1S/C16H28N2O3/c1-11-5-8-18(13(9-11)14(19)20)15(21)17-7-6-12(10-17)16(2,3)4/h11-13H,5-10H2,1-4H3,(H,19,20). The van der Waals surface area contributed by atoms with E-state index in [9.17, 15) is 14.7 Å². The van der Waals surface area contributed by atoms with E-state index in [-0.39, 0.29) is 11.4 Å². The molecule has 5 nitrogen and oxygen atoms in total. The fourth-order valence-corrected chi connectivity index (χ4v) is 3.43. The summed E-state index contributed by atoms with van der Waals surface area (Å²) in [6, 6.07) is -0.740. The van der Waals surface area contributed by atoms with Crippen molar-refractivity contribution >= 4 is 12.0 Å². The highest BCUT2D eigenvalue weighted by Crippen LogP contribution is 2.34. The Balaban J connectivity index is 2.04. The number of carboxylic acid groups (broad SMARTS) is 1. The lowest BCUT2D eigenvalue weighted by atomic mass is 9.80. The molecular formula is C16H28N2O3. The van der Waals surface area contributed by atoms with Gasteiger partial charge in [0.1, 0.15) is 6.04 Å². The molecule has 0 bridgehead atoms. The van der Waals surface area contributed by atoms with Crippen molar-refractivity contribution in [3.8, 4) is 0 Å². The quantitative estimate of drug-likeness (QED) is 0.809. The minimum Gasteiger partial charge on any atom is -0.480 e. The highest BCUT2D eigenvalue weighted by atomic mass is 16.4. The summed E-state index contributed by atoms with van der Waals surface area (Å²) in [7, 11) is 0. The number of carbonyl (C=O) groups excluding carboxylic acids is 1. The molecule has 2 aliphatic rings. The number of carbonyl (C=O) groups is 2. The van der Waals surface area contributed by atoms with Gasteiger partial charge in [-0.1, -0.05) is 27.7 Å². The molecule has 1 N–H and O–H groups in total. The molecule has 0 spiro atoms. The number of amides is 2. The number of carboxylic acids is 1. The van der Waals surface area contributed by atoms with Gasteiger partial charge in [0.15, 0.2) is 0 Å². The van der Waals surface area contributed by atoms with Crippen molar-refractivity contribution in [3.05, 3.63) is 0 Å². The maximum absolute atomic E-state index is 12.7. The Bertz CT molecular complexity index is 416. The Morgan fingerprint density at radius 1 is 1.14 bits per heavy atom. The third-order valence-electron chi connectivity index (χ3n) is 5.08. The molecule has 21 heavy (non-hydrogen) atoms. The molecule has 0 saturated carbocycles. The smallest absolute Gasteiger partial charge is 0.326 e. The van der Waals surface area contributed by atoms with Crippen LogP contribution in [0.15, 0.2) is 0 Å². The normalized spacial score (nSPS) is 30.6. The molecule has 120 valence electrons. The number of hydrogen-bond acceptors (Lipinski definition) is 2. The summed E-state index contributed by atoms with van der Waals surface area (Å²) in [5, 5.41) is 9.39. The maximum atomic E-state index is 12.7. The summed E-state index contributed by atoms with van der Waals surface area (Å²) in [5.41, 5.74) is 0.192. The van der Waals surface area contributed by atoms with Gasteiger partial charge >= 0.3 is 12.0 Å². The number of aliphatic carboxylic acids is 1. The highest BCUT2D eigenvalue weighted by molar-refractivity contribution is 5.83. The molecule has 2 saturated heterocycles. The van der Waals surface area contributed by atoms with E-state index in [0.29, 0.717) is 24.8 Å². The second-order valence-electron chi connectivity index (χ2n) is 7.76. The molecule has 3 atom stereocenters. The Labute approximate surface area is 127 Å². The van der Waals surface area contributed by atoms with Crippen LogP contribution in [0.1, 0.15) is 47.0 Å². The van der Waals surface area contributed by atoms with E-state index in [1.54, 1.807) is 4.90 Å². The molecule has 0 aromatic rings. The fraction of sp³-hybridized carbons (Fsp3) is 0.875. The van der Waals surface area contributed by atoms with Crippen molar-refractivity contribution in [2.45, 2.75) is 53.0 Å². The minimum absolute atomic E-state index is 0.0824. The fourth-order valence-electron chi connectivity index (χ4n) is 3.43. The number of nitrogens with zero attached hydrogens (tertiary/aromatic N) is 2. The highest BCUT2D eigenvalue weighted by Gasteiger charge is 2.40. The van der Waals surface area contributed by atoms with Crippen molar-refractivity contribution in [2.75, 3.05) is 19.6 Å². The van der Waals surface area contributed by atoms with E-state index in [1.807, 2.05) is 4.90 Å². The zero-order valence-electron chi connectivity index (χ0n) is 13.6. The van der Waals surface area contributed by atoms with Crippen molar-refractivity contribution in [3.63, 3.8) is 0 Å². The van der Waals surface area contributed by atoms with E-state index in [2.05, 4.69) is 27.7 Å². The molecule has 2 rings (SSSR count). The number of hydrogen-bond donors (Lipinski definition) is 1. The average molecular weight is 296 g/mol. The topological polar surface area (TPSA) is 60.9 Å². The summed E-state index contributed by atoms with van der Waals surface area (Å²) >= 11 is 0. The van der Waals surface area contributed by atoms with Gasteiger partial charge in [0.05, 0.1) is 0 Å². The first-order chi connectivity index (χ1) is 9.70. The predicted octanol–water partition coefficient (Wildman–Crippen LogP) is 2.66. The van der Waals surface area contributed by atoms with Crippen LogP contribution in [0, 0.1) is 17.3 Å². The van der Waals surface area contributed by atoms with Gasteiger partial charge in [0.2, 0.25) is 0 Å². The lowest BCUT2D eigenvalue weighted by molar-refractivity contribution is -0.144. The summed E-state index contributed by atoms with van der Waals surface area (Å²) < 4.78 is 0. The summed E-state index contributed by atoms with van der Waals surface area (Å²) in [6.07, 6.45) is 2.47. The molecule has 0 aromatic heterocycles. The van der Waals surface area contributed by atoms with Crippen LogP contribution in [0.25, 0.3) is 0 Å². The van der Waals surface area contributed by atoms with Crippen molar-refractivity contribution in [2.24, 2.45) is 17.3 Å². The van der Waals surface area contributed by atoms with E-state index in [1.165, 1.54) is 0 Å². The van der Waals surface area contributed by atoms with Gasteiger partial charge in [0, 0.05) is 19.6 Å². The number of piperidine rings is 1.